The second kappa shape index (κ2) is 8.25. The van der Waals surface area contributed by atoms with Gasteiger partial charge in [0.05, 0.1) is 23.8 Å². The summed E-state index contributed by atoms with van der Waals surface area (Å²) < 4.78 is 45.0. The first-order valence-corrected chi connectivity index (χ1v) is 9.21. The number of anilines is 1. The van der Waals surface area contributed by atoms with E-state index in [9.17, 15) is 27.6 Å². The third kappa shape index (κ3) is 4.45. The average molecular weight is 432 g/mol. The summed E-state index contributed by atoms with van der Waals surface area (Å²) in [4.78, 5) is 36.4. The number of hydrogen-bond donors (Lipinski definition) is 1. The number of rotatable bonds is 5. The Labute approximate surface area is 175 Å². The van der Waals surface area contributed by atoms with Crippen LogP contribution in [-0.4, -0.2) is 35.5 Å². The van der Waals surface area contributed by atoms with Gasteiger partial charge < -0.3 is 14.6 Å². The summed E-state index contributed by atoms with van der Waals surface area (Å²) in [5.74, 6) is -3.22. The number of aromatic nitrogens is 1. The van der Waals surface area contributed by atoms with Crippen molar-refractivity contribution in [3.05, 3.63) is 64.8 Å². The molecule has 9 heteroatoms. The number of fused-ring (bicyclic) bond motifs is 1. The van der Waals surface area contributed by atoms with Crippen LogP contribution in [0.2, 0.25) is 0 Å². The van der Waals surface area contributed by atoms with Crippen LogP contribution in [0.15, 0.2) is 42.6 Å². The zero-order chi connectivity index (χ0) is 22.9. The van der Waals surface area contributed by atoms with Gasteiger partial charge in [-0.1, -0.05) is 24.3 Å². The van der Waals surface area contributed by atoms with E-state index in [2.05, 4.69) is 10.1 Å². The molecule has 0 unspecified atom stereocenters. The lowest BCUT2D eigenvalue weighted by atomic mass is 10.1. The smallest absolute Gasteiger partial charge is 0.454 e. The van der Waals surface area contributed by atoms with Crippen molar-refractivity contribution in [3.8, 4) is 0 Å². The number of methoxy groups -OCH3 is 1. The van der Waals surface area contributed by atoms with E-state index in [1.807, 2.05) is 32.0 Å². The van der Waals surface area contributed by atoms with Crippen molar-refractivity contribution in [1.29, 1.82) is 0 Å². The van der Waals surface area contributed by atoms with Crippen molar-refractivity contribution in [2.24, 2.45) is 0 Å². The van der Waals surface area contributed by atoms with Crippen LogP contribution in [0.4, 0.5) is 18.9 Å². The van der Waals surface area contributed by atoms with E-state index in [1.54, 1.807) is 0 Å². The van der Waals surface area contributed by atoms with E-state index in [4.69, 9.17) is 0 Å². The van der Waals surface area contributed by atoms with Gasteiger partial charge in [-0.3, -0.25) is 9.59 Å². The minimum absolute atomic E-state index is 0.0187. The lowest BCUT2D eigenvalue weighted by molar-refractivity contribution is -0.116. The summed E-state index contributed by atoms with van der Waals surface area (Å²) in [6.45, 7) is 3.27. The Kier molecular flexibility index (Phi) is 5.88. The highest BCUT2D eigenvalue weighted by Gasteiger charge is 2.41. The number of benzene rings is 2. The molecule has 31 heavy (non-hydrogen) atoms. The van der Waals surface area contributed by atoms with Gasteiger partial charge in [-0.2, -0.15) is 13.2 Å². The van der Waals surface area contributed by atoms with Gasteiger partial charge in [0.2, 0.25) is 5.91 Å². The van der Waals surface area contributed by atoms with Crippen molar-refractivity contribution < 1.29 is 32.3 Å². The summed E-state index contributed by atoms with van der Waals surface area (Å²) in [7, 11) is 1.17. The molecule has 162 valence electrons. The molecule has 0 radical (unpaired) electrons. The zero-order valence-corrected chi connectivity index (χ0v) is 17.0. The van der Waals surface area contributed by atoms with Gasteiger partial charge in [-0.25, -0.2) is 4.79 Å². The number of esters is 1. The fourth-order valence-electron chi connectivity index (χ4n) is 3.35. The lowest BCUT2D eigenvalue weighted by Gasteiger charge is -2.12. The largest absolute Gasteiger partial charge is 0.465 e. The predicted molar refractivity (Wildman–Crippen MR) is 108 cm³/mol. The summed E-state index contributed by atoms with van der Waals surface area (Å²) >= 11 is 0. The Morgan fingerprint density at radius 2 is 1.71 bits per heavy atom. The third-order valence-electron chi connectivity index (χ3n) is 4.86. The number of aryl methyl sites for hydroxylation is 2. The van der Waals surface area contributed by atoms with E-state index in [1.165, 1.54) is 29.9 Å². The van der Waals surface area contributed by atoms with Gasteiger partial charge in [0.1, 0.15) is 6.54 Å². The van der Waals surface area contributed by atoms with Crippen molar-refractivity contribution in [1.82, 2.24) is 4.57 Å². The summed E-state index contributed by atoms with van der Waals surface area (Å²) in [6.07, 6.45) is -4.10. The maximum absolute atomic E-state index is 13.1. The number of halogens is 3. The van der Waals surface area contributed by atoms with Crippen LogP contribution in [-0.2, 0) is 16.1 Å². The first kappa shape index (κ1) is 22.1. The molecule has 1 N–H and O–H groups in total. The summed E-state index contributed by atoms with van der Waals surface area (Å²) in [5, 5.41) is 2.73. The van der Waals surface area contributed by atoms with Gasteiger partial charge in [-0.05, 0) is 37.1 Å². The number of ether oxygens (including phenoxy) is 1. The molecule has 3 rings (SSSR count). The molecule has 0 saturated carbocycles. The van der Waals surface area contributed by atoms with Crippen LogP contribution < -0.4 is 5.32 Å². The number of hydrogen-bond acceptors (Lipinski definition) is 4. The average Bonchev–Trinajstić information content (AvgIpc) is 3.06. The standard InChI is InChI=1S/C22H19F3N2O4/c1-12-5-4-6-13(2)19(12)26-18(28)11-27-10-16(20(29)22(23,24)25)15-8-7-14(9-17(15)27)21(30)31-3/h4-10H,11H2,1-3H3,(H,26,28). The molecule has 0 aliphatic rings. The molecule has 0 bridgehead atoms. The number of nitrogens with one attached hydrogen (secondary N) is 1. The van der Waals surface area contributed by atoms with Crippen LogP contribution >= 0.6 is 0 Å². The normalized spacial score (nSPS) is 11.4. The first-order chi connectivity index (χ1) is 14.5. The maximum atomic E-state index is 13.1. The SMILES string of the molecule is COC(=O)c1ccc2c(C(=O)C(F)(F)F)cn(CC(=O)Nc3c(C)cccc3C)c2c1. The van der Waals surface area contributed by atoms with Crippen LogP contribution in [0, 0.1) is 13.8 Å². The van der Waals surface area contributed by atoms with Gasteiger partial charge in [0.25, 0.3) is 5.78 Å². The number of amides is 1. The molecule has 1 heterocycles. The second-order valence-electron chi connectivity index (χ2n) is 7.04. The number of para-hydroxylation sites is 1. The van der Waals surface area contributed by atoms with Gasteiger partial charge in [0, 0.05) is 17.3 Å². The van der Waals surface area contributed by atoms with Crippen LogP contribution in [0.1, 0.15) is 31.8 Å². The summed E-state index contributed by atoms with van der Waals surface area (Å²) in [6, 6.07) is 9.26. The van der Waals surface area contributed by atoms with E-state index in [-0.39, 0.29) is 23.0 Å². The fourth-order valence-corrected chi connectivity index (χ4v) is 3.35. The molecule has 2 aromatic carbocycles. The number of carbonyl (C=O) groups is 3. The Morgan fingerprint density at radius 3 is 2.29 bits per heavy atom. The molecule has 3 aromatic rings. The lowest BCUT2D eigenvalue weighted by Crippen LogP contribution is -2.22. The molecule has 0 saturated heterocycles. The Balaban J connectivity index is 2.04. The van der Waals surface area contributed by atoms with Gasteiger partial charge in [0.15, 0.2) is 0 Å². The Bertz CT molecular complexity index is 1180. The third-order valence-corrected chi connectivity index (χ3v) is 4.86. The Hall–Kier alpha value is -3.62. The fraction of sp³-hybridized carbons (Fsp3) is 0.227. The van der Waals surface area contributed by atoms with Crippen LogP contribution in [0.3, 0.4) is 0 Å². The maximum Gasteiger partial charge on any atom is 0.454 e. The number of ketones is 1. The highest BCUT2D eigenvalue weighted by molar-refractivity contribution is 6.11. The topological polar surface area (TPSA) is 77.4 Å². The van der Waals surface area contributed by atoms with E-state index in [0.717, 1.165) is 17.3 Å². The molecular weight excluding hydrogens is 413 g/mol. The quantitative estimate of drug-likeness (QED) is 0.478. The van der Waals surface area contributed by atoms with Crippen molar-refractivity contribution >= 4 is 34.3 Å². The number of alkyl halides is 3. The molecule has 0 fully saturated rings. The first-order valence-electron chi connectivity index (χ1n) is 9.21. The minimum atomic E-state index is -5.08. The van der Waals surface area contributed by atoms with Crippen molar-refractivity contribution in [3.63, 3.8) is 0 Å². The van der Waals surface area contributed by atoms with Gasteiger partial charge in [-0.15, -0.1) is 0 Å². The second-order valence-corrected chi connectivity index (χ2v) is 7.04. The van der Waals surface area contributed by atoms with Crippen LogP contribution in [0.25, 0.3) is 10.9 Å². The molecule has 0 spiro atoms. The molecule has 1 aromatic heterocycles. The number of Topliss-reactive ketones (excluding diaryl/α,β-unsaturated/α-hetero) is 1. The van der Waals surface area contributed by atoms with E-state index < -0.39 is 29.4 Å². The van der Waals surface area contributed by atoms with Gasteiger partial charge >= 0.3 is 12.1 Å². The molecule has 0 atom stereocenters. The Morgan fingerprint density at radius 1 is 1.06 bits per heavy atom. The molecular formula is C22H19F3N2O4. The minimum Gasteiger partial charge on any atom is -0.465 e. The monoisotopic (exact) mass is 432 g/mol. The van der Waals surface area contributed by atoms with Crippen molar-refractivity contribution in [2.45, 2.75) is 26.6 Å². The zero-order valence-electron chi connectivity index (χ0n) is 17.0. The van der Waals surface area contributed by atoms with Crippen molar-refractivity contribution in [2.75, 3.05) is 12.4 Å². The molecule has 0 aliphatic heterocycles. The molecule has 0 aliphatic carbocycles. The number of carbonyl (C=O) groups excluding carboxylic acids is 3. The highest BCUT2D eigenvalue weighted by atomic mass is 19.4. The molecule has 1 amide bonds. The van der Waals surface area contributed by atoms with E-state index in [0.29, 0.717) is 5.69 Å². The highest BCUT2D eigenvalue weighted by Crippen LogP contribution is 2.30. The predicted octanol–water partition coefficient (Wildman–Crippen LogP) is 4.43. The van der Waals surface area contributed by atoms with E-state index >= 15 is 0 Å². The summed E-state index contributed by atoms with van der Waals surface area (Å²) in [5.41, 5.74) is 1.87. The number of nitrogens with zero attached hydrogens (tertiary/aromatic N) is 1. The molecule has 6 nitrogen and oxygen atoms in total. The van der Waals surface area contributed by atoms with Crippen LogP contribution in [0.5, 0.6) is 0 Å².